The van der Waals surface area contributed by atoms with E-state index in [2.05, 4.69) is 25.1 Å². The number of piperidine rings is 1. The van der Waals surface area contributed by atoms with Crippen LogP contribution in [0, 0.1) is 11.6 Å². The van der Waals surface area contributed by atoms with Gasteiger partial charge in [0.25, 0.3) is 0 Å². The van der Waals surface area contributed by atoms with Gasteiger partial charge in [-0.05, 0) is 32.0 Å². The Labute approximate surface area is 137 Å². The van der Waals surface area contributed by atoms with Gasteiger partial charge in [-0.1, -0.05) is 12.1 Å². The number of aromatic nitrogens is 4. The molecule has 0 saturated carbocycles. The molecule has 0 unspecified atom stereocenters. The highest BCUT2D eigenvalue weighted by molar-refractivity contribution is 5.72. The van der Waals surface area contributed by atoms with E-state index >= 15 is 0 Å². The molecule has 0 radical (unpaired) electrons. The molecule has 2 aromatic heterocycles. The monoisotopic (exact) mass is 329 g/mol. The molecule has 0 bridgehead atoms. The van der Waals surface area contributed by atoms with Gasteiger partial charge < -0.3 is 0 Å². The fourth-order valence-electron chi connectivity index (χ4n) is 3.34. The molecule has 7 heteroatoms. The molecule has 24 heavy (non-hydrogen) atoms. The van der Waals surface area contributed by atoms with E-state index in [9.17, 15) is 8.78 Å². The Balaban J connectivity index is 1.44. The van der Waals surface area contributed by atoms with Crippen LogP contribution in [-0.4, -0.2) is 38.2 Å². The molecule has 3 aromatic rings. The van der Waals surface area contributed by atoms with Gasteiger partial charge in [0, 0.05) is 30.4 Å². The summed E-state index contributed by atoms with van der Waals surface area (Å²) in [6, 6.07) is 4.34. The summed E-state index contributed by atoms with van der Waals surface area (Å²) < 4.78 is 27.1. The Morgan fingerprint density at radius 1 is 1.12 bits per heavy atom. The van der Waals surface area contributed by atoms with E-state index in [1.165, 1.54) is 0 Å². The molecule has 0 spiro atoms. The van der Waals surface area contributed by atoms with Crippen LogP contribution in [0.25, 0.3) is 11.2 Å². The number of hydrogen-bond acceptors (Lipinski definition) is 4. The van der Waals surface area contributed by atoms with Gasteiger partial charge in [-0.2, -0.15) is 5.10 Å². The summed E-state index contributed by atoms with van der Waals surface area (Å²) in [6.07, 6.45) is 5.14. The van der Waals surface area contributed by atoms with Crippen molar-refractivity contribution in [1.82, 2.24) is 25.1 Å². The smallest absolute Gasteiger partial charge is 0.199 e. The van der Waals surface area contributed by atoms with Crippen LogP contribution >= 0.6 is 0 Å². The van der Waals surface area contributed by atoms with Crippen molar-refractivity contribution >= 4 is 11.2 Å². The number of nitrogens with zero attached hydrogens (tertiary/aromatic N) is 4. The number of benzene rings is 1. The molecule has 0 aliphatic carbocycles. The molecule has 0 amide bonds. The first-order valence-electron chi connectivity index (χ1n) is 8.02. The van der Waals surface area contributed by atoms with Crippen molar-refractivity contribution in [3.63, 3.8) is 0 Å². The third kappa shape index (κ3) is 2.75. The number of rotatable bonds is 3. The van der Waals surface area contributed by atoms with Gasteiger partial charge in [0.15, 0.2) is 17.3 Å². The van der Waals surface area contributed by atoms with Crippen LogP contribution in [0.4, 0.5) is 8.78 Å². The normalized spacial score (nSPS) is 16.8. The van der Waals surface area contributed by atoms with Gasteiger partial charge in [-0.15, -0.1) is 0 Å². The second-order valence-electron chi connectivity index (χ2n) is 6.13. The zero-order valence-electron chi connectivity index (χ0n) is 13.0. The van der Waals surface area contributed by atoms with Crippen LogP contribution < -0.4 is 0 Å². The first-order chi connectivity index (χ1) is 11.7. The van der Waals surface area contributed by atoms with Gasteiger partial charge >= 0.3 is 0 Å². The minimum Gasteiger partial charge on any atom is -0.299 e. The van der Waals surface area contributed by atoms with Gasteiger partial charge in [0.1, 0.15) is 5.52 Å². The molecule has 1 aliphatic heterocycles. The van der Waals surface area contributed by atoms with Gasteiger partial charge in [0.2, 0.25) is 0 Å². The lowest BCUT2D eigenvalue weighted by Crippen LogP contribution is -2.33. The lowest BCUT2D eigenvalue weighted by molar-refractivity contribution is 0.200. The lowest BCUT2D eigenvalue weighted by Gasteiger charge is -2.31. The molecule has 1 fully saturated rings. The Morgan fingerprint density at radius 2 is 1.92 bits per heavy atom. The number of H-pyrrole nitrogens is 1. The van der Waals surface area contributed by atoms with Crippen molar-refractivity contribution in [2.24, 2.45) is 0 Å². The van der Waals surface area contributed by atoms with E-state index in [1.807, 2.05) is 0 Å². The van der Waals surface area contributed by atoms with Crippen molar-refractivity contribution < 1.29 is 8.78 Å². The summed E-state index contributed by atoms with van der Waals surface area (Å²) in [4.78, 5) is 10.7. The molecular weight excluding hydrogens is 312 g/mol. The fourth-order valence-corrected chi connectivity index (χ4v) is 3.34. The average molecular weight is 329 g/mol. The second-order valence-corrected chi connectivity index (χ2v) is 6.13. The minimum absolute atomic E-state index is 0.334. The maximum Gasteiger partial charge on any atom is 0.199 e. The van der Waals surface area contributed by atoms with Crippen LogP contribution in [0.15, 0.2) is 30.6 Å². The van der Waals surface area contributed by atoms with Crippen LogP contribution in [-0.2, 0) is 6.54 Å². The Kier molecular flexibility index (Phi) is 3.93. The number of likely N-dealkylation sites (tertiary alicyclic amines) is 1. The molecule has 4 rings (SSSR count). The highest BCUT2D eigenvalue weighted by atomic mass is 19.2. The van der Waals surface area contributed by atoms with E-state index in [0.29, 0.717) is 23.7 Å². The van der Waals surface area contributed by atoms with Gasteiger partial charge in [-0.25, -0.2) is 18.7 Å². The van der Waals surface area contributed by atoms with E-state index in [-0.39, 0.29) is 0 Å². The van der Waals surface area contributed by atoms with Gasteiger partial charge in [0.05, 0.1) is 5.69 Å². The Morgan fingerprint density at radius 3 is 2.75 bits per heavy atom. The summed E-state index contributed by atoms with van der Waals surface area (Å²) in [5, 5.41) is 7.26. The largest absolute Gasteiger partial charge is 0.299 e. The molecule has 1 N–H and O–H groups in total. The van der Waals surface area contributed by atoms with Crippen molar-refractivity contribution in [3.8, 4) is 0 Å². The molecule has 1 aromatic carbocycles. The fraction of sp³-hybridized carbons (Fsp3) is 0.353. The standard InChI is InChI=1S/C17H17F2N5/c18-13-3-1-2-12(14(13)19)10-24-8-4-11(5-9-24)15-16-17(23-22-15)21-7-6-20-16/h1-3,6-7,11H,4-5,8-10H2,(H,21,22,23). The summed E-state index contributed by atoms with van der Waals surface area (Å²) in [6.45, 7) is 2.07. The van der Waals surface area contributed by atoms with E-state index in [4.69, 9.17) is 0 Å². The van der Waals surface area contributed by atoms with Crippen molar-refractivity contribution in [2.45, 2.75) is 25.3 Å². The van der Waals surface area contributed by atoms with Crippen molar-refractivity contribution in [2.75, 3.05) is 13.1 Å². The first kappa shape index (κ1) is 15.1. The third-order valence-electron chi connectivity index (χ3n) is 4.64. The second kappa shape index (κ2) is 6.24. The minimum atomic E-state index is -0.787. The maximum absolute atomic E-state index is 13.8. The summed E-state index contributed by atoms with van der Waals surface area (Å²) in [7, 11) is 0. The molecule has 3 heterocycles. The molecular formula is C17H17F2N5. The van der Waals surface area contributed by atoms with Crippen LogP contribution in [0.2, 0.25) is 0 Å². The molecule has 5 nitrogen and oxygen atoms in total. The van der Waals surface area contributed by atoms with E-state index < -0.39 is 11.6 Å². The van der Waals surface area contributed by atoms with Crippen LogP contribution in [0.3, 0.4) is 0 Å². The Bertz CT molecular complexity index is 855. The molecule has 0 atom stereocenters. The first-order valence-corrected chi connectivity index (χ1v) is 8.02. The molecule has 1 aliphatic rings. The third-order valence-corrected chi connectivity index (χ3v) is 4.64. The number of halogens is 2. The number of aromatic amines is 1. The highest BCUT2D eigenvalue weighted by Crippen LogP contribution is 2.30. The molecule has 1 saturated heterocycles. The summed E-state index contributed by atoms with van der Waals surface area (Å²) in [5.41, 5.74) is 2.89. The Hall–Kier alpha value is -2.41. The SMILES string of the molecule is Fc1cccc(CN2CCC(c3[nH]nc4nccnc34)CC2)c1F. The van der Waals surface area contributed by atoms with E-state index in [1.54, 1.807) is 24.5 Å². The predicted octanol–water partition coefficient (Wildman–Crippen LogP) is 3.01. The van der Waals surface area contributed by atoms with Crippen molar-refractivity contribution in [1.29, 1.82) is 0 Å². The zero-order valence-corrected chi connectivity index (χ0v) is 13.0. The quantitative estimate of drug-likeness (QED) is 0.802. The van der Waals surface area contributed by atoms with Crippen molar-refractivity contribution in [3.05, 3.63) is 53.5 Å². The van der Waals surface area contributed by atoms with Crippen LogP contribution in [0.5, 0.6) is 0 Å². The predicted molar refractivity (Wildman–Crippen MR) is 85.3 cm³/mol. The highest BCUT2D eigenvalue weighted by Gasteiger charge is 2.25. The summed E-state index contributed by atoms with van der Waals surface area (Å²) >= 11 is 0. The average Bonchev–Trinajstić information content (AvgIpc) is 3.04. The number of hydrogen-bond donors (Lipinski definition) is 1. The van der Waals surface area contributed by atoms with Gasteiger partial charge in [-0.3, -0.25) is 10.00 Å². The van der Waals surface area contributed by atoms with E-state index in [0.717, 1.165) is 43.2 Å². The molecule has 124 valence electrons. The number of nitrogens with one attached hydrogen (secondary N) is 1. The maximum atomic E-state index is 13.8. The van der Waals surface area contributed by atoms with Crippen LogP contribution in [0.1, 0.15) is 30.0 Å². The number of fused-ring (bicyclic) bond motifs is 1. The topological polar surface area (TPSA) is 57.7 Å². The lowest BCUT2D eigenvalue weighted by atomic mass is 9.93. The zero-order chi connectivity index (χ0) is 16.5. The summed E-state index contributed by atoms with van der Waals surface area (Å²) in [5.74, 6) is -1.19.